The second-order valence-corrected chi connectivity index (χ2v) is 5.26. The van der Waals surface area contributed by atoms with Crippen molar-refractivity contribution in [3.8, 4) is 11.9 Å². The molecule has 2 aromatic carbocycles. The van der Waals surface area contributed by atoms with Gasteiger partial charge in [-0.25, -0.2) is 4.98 Å². The van der Waals surface area contributed by atoms with Gasteiger partial charge in [0.05, 0.1) is 6.20 Å². The fourth-order valence-corrected chi connectivity index (χ4v) is 2.10. The van der Waals surface area contributed by atoms with Crippen molar-refractivity contribution in [1.82, 2.24) is 9.97 Å². The van der Waals surface area contributed by atoms with Crippen LogP contribution >= 0.6 is 11.6 Å². The Hall–Kier alpha value is -2.59. The maximum Gasteiger partial charge on any atom is 0.320 e. The Balaban J connectivity index is 1.64. The molecule has 0 aliphatic carbocycles. The van der Waals surface area contributed by atoms with Crippen molar-refractivity contribution >= 4 is 11.6 Å². The molecule has 0 bridgehead atoms. The van der Waals surface area contributed by atoms with E-state index in [1.54, 1.807) is 0 Å². The number of nitrogens with zero attached hydrogens (tertiary/aromatic N) is 2. The Bertz CT molecular complexity index is 751. The minimum Gasteiger partial charge on any atom is -0.472 e. The summed E-state index contributed by atoms with van der Waals surface area (Å²) in [5, 5.41) is 0.355. The molecule has 0 N–H and O–H groups in total. The van der Waals surface area contributed by atoms with Crippen molar-refractivity contribution < 1.29 is 9.47 Å². The average molecular weight is 327 g/mol. The first kappa shape index (κ1) is 15.3. The maximum atomic E-state index is 6.07. The van der Waals surface area contributed by atoms with Crippen LogP contribution in [-0.2, 0) is 13.2 Å². The van der Waals surface area contributed by atoms with Gasteiger partial charge < -0.3 is 9.47 Å². The third-order valence-electron chi connectivity index (χ3n) is 3.12. The lowest BCUT2D eigenvalue weighted by molar-refractivity contribution is 0.258. The normalized spacial score (nSPS) is 10.3. The average Bonchev–Trinajstić information content (AvgIpc) is 2.62. The first-order chi connectivity index (χ1) is 11.3. The zero-order chi connectivity index (χ0) is 15.9. The summed E-state index contributed by atoms with van der Waals surface area (Å²) < 4.78 is 11.2. The molecule has 0 spiro atoms. The van der Waals surface area contributed by atoms with Crippen molar-refractivity contribution in [2.45, 2.75) is 13.2 Å². The molecule has 0 unspecified atom stereocenters. The summed E-state index contributed by atoms with van der Waals surface area (Å²) in [6, 6.07) is 19.9. The van der Waals surface area contributed by atoms with E-state index in [-0.39, 0.29) is 6.01 Å². The Morgan fingerprint density at radius 3 is 1.96 bits per heavy atom. The van der Waals surface area contributed by atoms with Crippen LogP contribution in [0, 0.1) is 0 Å². The molecule has 0 saturated heterocycles. The van der Waals surface area contributed by atoms with Crippen LogP contribution in [0.2, 0.25) is 5.02 Å². The van der Waals surface area contributed by atoms with Gasteiger partial charge in [0.1, 0.15) is 18.2 Å². The van der Waals surface area contributed by atoms with Gasteiger partial charge in [-0.15, -0.1) is 0 Å². The van der Waals surface area contributed by atoms with E-state index in [1.807, 2.05) is 60.7 Å². The quantitative estimate of drug-likeness (QED) is 0.678. The van der Waals surface area contributed by atoms with E-state index in [9.17, 15) is 0 Å². The summed E-state index contributed by atoms with van der Waals surface area (Å²) in [5.74, 6) is 0.314. The van der Waals surface area contributed by atoms with Gasteiger partial charge in [0.25, 0.3) is 0 Å². The summed E-state index contributed by atoms with van der Waals surface area (Å²) in [7, 11) is 0. The van der Waals surface area contributed by atoms with Crippen molar-refractivity contribution in [2.24, 2.45) is 0 Å². The van der Waals surface area contributed by atoms with Crippen LogP contribution < -0.4 is 9.47 Å². The molecule has 0 aliphatic heterocycles. The summed E-state index contributed by atoms with van der Waals surface area (Å²) in [4.78, 5) is 8.28. The first-order valence-electron chi connectivity index (χ1n) is 7.17. The summed E-state index contributed by atoms with van der Waals surface area (Å²) in [5.41, 5.74) is 2.08. The topological polar surface area (TPSA) is 44.2 Å². The monoisotopic (exact) mass is 326 g/mol. The highest BCUT2D eigenvalue weighted by Gasteiger charge is 2.08. The summed E-state index contributed by atoms with van der Waals surface area (Å²) >= 11 is 6.07. The molecule has 23 heavy (non-hydrogen) atoms. The molecule has 3 rings (SSSR count). The number of benzene rings is 2. The molecule has 0 atom stereocenters. The van der Waals surface area contributed by atoms with Gasteiger partial charge in [-0.1, -0.05) is 72.3 Å². The van der Waals surface area contributed by atoms with E-state index in [0.29, 0.717) is 24.1 Å². The zero-order valence-electron chi connectivity index (χ0n) is 12.4. The molecule has 1 aromatic heterocycles. The van der Waals surface area contributed by atoms with Crippen molar-refractivity contribution in [3.63, 3.8) is 0 Å². The van der Waals surface area contributed by atoms with Gasteiger partial charge in [-0.2, -0.15) is 4.98 Å². The van der Waals surface area contributed by atoms with Crippen LogP contribution in [0.4, 0.5) is 0 Å². The lowest BCUT2D eigenvalue weighted by atomic mass is 10.2. The number of hydrogen-bond donors (Lipinski definition) is 0. The van der Waals surface area contributed by atoms with Gasteiger partial charge in [0.15, 0.2) is 0 Å². The molecular formula is C18H15ClN2O2. The Morgan fingerprint density at radius 1 is 0.783 bits per heavy atom. The molecule has 0 radical (unpaired) electrons. The molecule has 0 saturated carbocycles. The lowest BCUT2D eigenvalue weighted by Gasteiger charge is -2.09. The van der Waals surface area contributed by atoms with Crippen LogP contribution in [0.15, 0.2) is 66.9 Å². The van der Waals surface area contributed by atoms with Crippen molar-refractivity contribution in [2.75, 3.05) is 0 Å². The molecule has 0 aliphatic rings. The second-order valence-electron chi connectivity index (χ2n) is 4.85. The molecule has 4 nitrogen and oxygen atoms in total. The maximum absolute atomic E-state index is 6.07. The molecule has 0 amide bonds. The van der Waals surface area contributed by atoms with E-state index >= 15 is 0 Å². The van der Waals surface area contributed by atoms with Crippen LogP contribution in [-0.4, -0.2) is 9.97 Å². The molecule has 3 aromatic rings. The lowest BCUT2D eigenvalue weighted by Crippen LogP contribution is -2.03. The van der Waals surface area contributed by atoms with Gasteiger partial charge in [0.2, 0.25) is 5.88 Å². The highest BCUT2D eigenvalue weighted by molar-refractivity contribution is 6.31. The third-order valence-corrected chi connectivity index (χ3v) is 3.38. The highest BCUT2D eigenvalue weighted by Crippen LogP contribution is 2.24. The fourth-order valence-electron chi connectivity index (χ4n) is 1.96. The number of ether oxygens (including phenoxy) is 2. The van der Waals surface area contributed by atoms with Crippen molar-refractivity contribution in [3.05, 3.63) is 83.0 Å². The van der Waals surface area contributed by atoms with E-state index in [2.05, 4.69) is 9.97 Å². The van der Waals surface area contributed by atoms with E-state index in [1.165, 1.54) is 6.20 Å². The number of rotatable bonds is 6. The van der Waals surface area contributed by atoms with E-state index in [4.69, 9.17) is 21.1 Å². The zero-order valence-corrected chi connectivity index (χ0v) is 13.1. The van der Waals surface area contributed by atoms with E-state index in [0.717, 1.165) is 11.1 Å². The Kier molecular flexibility index (Phi) is 5.06. The predicted molar refractivity (Wildman–Crippen MR) is 88.6 cm³/mol. The van der Waals surface area contributed by atoms with Crippen LogP contribution in [0.5, 0.6) is 11.9 Å². The highest BCUT2D eigenvalue weighted by atomic mass is 35.5. The van der Waals surface area contributed by atoms with Crippen molar-refractivity contribution in [1.29, 1.82) is 0 Å². The molecule has 116 valence electrons. The predicted octanol–water partition coefficient (Wildman–Crippen LogP) is 4.29. The summed E-state index contributed by atoms with van der Waals surface area (Å²) in [6.45, 7) is 0.774. The first-order valence-corrected chi connectivity index (χ1v) is 7.55. The Morgan fingerprint density at radius 2 is 1.35 bits per heavy atom. The fraction of sp³-hybridized carbons (Fsp3) is 0.111. The van der Waals surface area contributed by atoms with Gasteiger partial charge in [-0.05, 0) is 11.1 Å². The van der Waals surface area contributed by atoms with Gasteiger partial charge in [0, 0.05) is 0 Å². The number of aromatic nitrogens is 2. The van der Waals surface area contributed by atoms with E-state index < -0.39 is 0 Å². The summed E-state index contributed by atoms with van der Waals surface area (Å²) in [6.07, 6.45) is 1.48. The number of halogens is 1. The second kappa shape index (κ2) is 7.61. The van der Waals surface area contributed by atoms with Crippen LogP contribution in [0.1, 0.15) is 11.1 Å². The smallest absolute Gasteiger partial charge is 0.320 e. The van der Waals surface area contributed by atoms with Crippen LogP contribution in [0.25, 0.3) is 0 Å². The Labute approximate surface area is 139 Å². The minimum atomic E-state index is 0.237. The standard InChI is InChI=1S/C18H15ClN2O2/c19-16-11-20-18(23-13-15-9-5-2-6-10-15)21-17(16)22-12-14-7-3-1-4-8-14/h1-11H,12-13H2. The molecule has 0 fully saturated rings. The molecule has 5 heteroatoms. The number of hydrogen-bond acceptors (Lipinski definition) is 4. The van der Waals surface area contributed by atoms with Gasteiger partial charge >= 0.3 is 6.01 Å². The third kappa shape index (κ3) is 4.44. The van der Waals surface area contributed by atoms with Crippen LogP contribution in [0.3, 0.4) is 0 Å². The largest absolute Gasteiger partial charge is 0.472 e. The SMILES string of the molecule is Clc1cnc(OCc2ccccc2)nc1OCc1ccccc1. The molecule has 1 heterocycles. The van der Waals surface area contributed by atoms with Gasteiger partial charge in [-0.3, -0.25) is 0 Å². The molecular weight excluding hydrogens is 312 g/mol. The minimum absolute atomic E-state index is 0.237.